The highest BCUT2D eigenvalue weighted by Crippen LogP contribution is 2.32. The molecule has 0 aliphatic carbocycles. The molecule has 1 heterocycles. The number of carboxylic acid groups (broad SMARTS) is 2. The Bertz CT molecular complexity index is 696. The van der Waals surface area contributed by atoms with Crippen molar-refractivity contribution in [2.24, 2.45) is 0 Å². The normalized spacial score (nSPS) is 16.0. The number of nitrogens with zero attached hydrogens (tertiary/aromatic N) is 1. The maximum Gasteiger partial charge on any atom is 0.341 e. The van der Waals surface area contributed by atoms with Crippen LogP contribution in [0, 0.1) is 0 Å². The van der Waals surface area contributed by atoms with E-state index < -0.39 is 36.2 Å². The van der Waals surface area contributed by atoms with Gasteiger partial charge in [0.1, 0.15) is 12.3 Å². The van der Waals surface area contributed by atoms with Crippen LogP contribution in [0.4, 0.5) is 4.79 Å². The minimum absolute atomic E-state index is 0.121. The van der Waals surface area contributed by atoms with E-state index in [9.17, 15) is 19.2 Å². The summed E-state index contributed by atoms with van der Waals surface area (Å²) in [6.07, 6.45) is 1.45. The Labute approximate surface area is 134 Å². The monoisotopic (exact) mass is 337 g/mol. The standard InChI is InChI=1S/C14H11NO7S/c16-11(17)6-15-13(20)10(23-14(15)21)5-8-1-3-9(4-2-8)22-7-12(18)19/h1-5H,6-7H2,(H,16,17)(H,18,19)/b10-5+. The average molecular weight is 337 g/mol. The highest BCUT2D eigenvalue weighted by Gasteiger charge is 2.36. The first kappa shape index (κ1) is 16.6. The van der Waals surface area contributed by atoms with E-state index in [-0.39, 0.29) is 4.91 Å². The first-order valence-electron chi connectivity index (χ1n) is 6.28. The van der Waals surface area contributed by atoms with Crippen molar-refractivity contribution in [2.75, 3.05) is 13.2 Å². The van der Waals surface area contributed by atoms with E-state index in [0.717, 1.165) is 0 Å². The van der Waals surface area contributed by atoms with E-state index in [4.69, 9.17) is 14.9 Å². The third kappa shape index (κ3) is 4.33. The van der Waals surface area contributed by atoms with Gasteiger partial charge in [0.05, 0.1) is 4.91 Å². The molecule has 2 amide bonds. The van der Waals surface area contributed by atoms with Crippen LogP contribution in [0.15, 0.2) is 29.2 Å². The third-order valence-corrected chi connectivity index (χ3v) is 3.61. The van der Waals surface area contributed by atoms with E-state index >= 15 is 0 Å². The topological polar surface area (TPSA) is 121 Å². The van der Waals surface area contributed by atoms with Crippen LogP contribution in [-0.2, 0) is 14.4 Å². The molecule has 0 saturated carbocycles. The number of carbonyl (C=O) groups excluding carboxylic acids is 2. The van der Waals surface area contributed by atoms with Crippen molar-refractivity contribution in [1.82, 2.24) is 4.90 Å². The molecule has 8 nitrogen and oxygen atoms in total. The Morgan fingerprint density at radius 2 is 1.78 bits per heavy atom. The Morgan fingerprint density at radius 3 is 2.35 bits per heavy atom. The van der Waals surface area contributed by atoms with E-state index in [2.05, 4.69) is 0 Å². The number of ether oxygens (including phenoxy) is 1. The minimum Gasteiger partial charge on any atom is -0.482 e. The molecule has 1 aromatic rings. The van der Waals surface area contributed by atoms with Crippen molar-refractivity contribution in [1.29, 1.82) is 0 Å². The maximum absolute atomic E-state index is 12.0. The molecule has 23 heavy (non-hydrogen) atoms. The van der Waals surface area contributed by atoms with Gasteiger partial charge < -0.3 is 14.9 Å². The van der Waals surface area contributed by atoms with Crippen LogP contribution in [0.5, 0.6) is 5.75 Å². The summed E-state index contributed by atoms with van der Waals surface area (Å²) in [4.78, 5) is 45.4. The molecule has 9 heteroatoms. The zero-order valence-electron chi connectivity index (χ0n) is 11.6. The SMILES string of the molecule is O=C(O)COc1ccc(/C=C2/SC(=O)N(CC(=O)O)C2=O)cc1. The molecule has 120 valence electrons. The molecule has 2 N–H and O–H groups in total. The number of benzene rings is 1. The molecule has 0 spiro atoms. The summed E-state index contributed by atoms with van der Waals surface area (Å²) < 4.78 is 4.97. The van der Waals surface area contributed by atoms with Gasteiger partial charge in [-0.25, -0.2) is 4.79 Å². The predicted molar refractivity (Wildman–Crippen MR) is 79.9 cm³/mol. The number of carbonyl (C=O) groups is 4. The summed E-state index contributed by atoms with van der Waals surface area (Å²) in [6.45, 7) is -1.14. The molecule has 1 saturated heterocycles. The molecule has 0 unspecified atom stereocenters. The summed E-state index contributed by atoms with van der Waals surface area (Å²) in [5, 5.41) is 16.5. The summed E-state index contributed by atoms with van der Waals surface area (Å²) in [5.74, 6) is -2.67. The summed E-state index contributed by atoms with van der Waals surface area (Å²) in [7, 11) is 0. The summed E-state index contributed by atoms with van der Waals surface area (Å²) in [5.41, 5.74) is 0.591. The average Bonchev–Trinajstić information content (AvgIpc) is 2.74. The summed E-state index contributed by atoms with van der Waals surface area (Å²) in [6, 6.07) is 6.22. The van der Waals surface area contributed by atoms with Crippen LogP contribution >= 0.6 is 11.8 Å². The van der Waals surface area contributed by atoms with Crippen LogP contribution in [0.1, 0.15) is 5.56 Å². The smallest absolute Gasteiger partial charge is 0.341 e. The molecule has 2 rings (SSSR count). The lowest BCUT2D eigenvalue weighted by Crippen LogP contribution is -2.33. The van der Waals surface area contributed by atoms with Crippen LogP contribution in [0.25, 0.3) is 6.08 Å². The minimum atomic E-state index is -1.27. The van der Waals surface area contributed by atoms with Gasteiger partial charge >= 0.3 is 11.9 Å². The Hall–Kier alpha value is -2.81. The van der Waals surface area contributed by atoms with Gasteiger partial charge in [0.15, 0.2) is 6.61 Å². The predicted octanol–water partition coefficient (Wildman–Crippen LogP) is 1.27. The lowest BCUT2D eigenvalue weighted by molar-refractivity contribution is -0.140. The quantitative estimate of drug-likeness (QED) is 0.744. The number of rotatable bonds is 6. The fourth-order valence-corrected chi connectivity index (χ4v) is 2.57. The fraction of sp³-hybridized carbons (Fsp3) is 0.143. The van der Waals surface area contributed by atoms with E-state index in [1.165, 1.54) is 18.2 Å². The van der Waals surface area contributed by atoms with Crippen LogP contribution in [-0.4, -0.2) is 51.3 Å². The van der Waals surface area contributed by atoms with Gasteiger partial charge in [0, 0.05) is 0 Å². The summed E-state index contributed by atoms with van der Waals surface area (Å²) >= 11 is 0.663. The van der Waals surface area contributed by atoms with Crippen LogP contribution in [0.3, 0.4) is 0 Å². The Morgan fingerprint density at radius 1 is 1.13 bits per heavy atom. The van der Waals surface area contributed by atoms with Gasteiger partial charge in [0.25, 0.3) is 11.1 Å². The van der Waals surface area contributed by atoms with Crippen LogP contribution in [0.2, 0.25) is 0 Å². The molecular formula is C14H11NO7S. The molecule has 1 aromatic carbocycles. The molecule has 1 fully saturated rings. The zero-order chi connectivity index (χ0) is 17.0. The second-order valence-electron chi connectivity index (χ2n) is 4.41. The molecular weight excluding hydrogens is 326 g/mol. The first-order valence-corrected chi connectivity index (χ1v) is 7.10. The Kier molecular flexibility index (Phi) is 5.02. The lowest BCUT2D eigenvalue weighted by Gasteiger charge is -2.07. The fourth-order valence-electron chi connectivity index (χ4n) is 1.73. The van der Waals surface area contributed by atoms with Gasteiger partial charge in [-0.3, -0.25) is 19.3 Å². The van der Waals surface area contributed by atoms with Crippen molar-refractivity contribution in [3.63, 3.8) is 0 Å². The van der Waals surface area contributed by atoms with Gasteiger partial charge in [0.2, 0.25) is 0 Å². The number of aliphatic carboxylic acids is 2. The lowest BCUT2D eigenvalue weighted by atomic mass is 10.2. The van der Waals surface area contributed by atoms with Crippen molar-refractivity contribution in [3.05, 3.63) is 34.7 Å². The maximum atomic E-state index is 12.0. The van der Waals surface area contributed by atoms with Crippen molar-refractivity contribution < 1.29 is 34.1 Å². The number of imide groups is 1. The number of thioether (sulfide) groups is 1. The molecule has 0 radical (unpaired) electrons. The van der Waals surface area contributed by atoms with Gasteiger partial charge in [-0.1, -0.05) is 12.1 Å². The highest BCUT2D eigenvalue weighted by molar-refractivity contribution is 8.18. The van der Waals surface area contributed by atoms with Gasteiger partial charge in [-0.15, -0.1) is 0 Å². The number of carboxylic acids is 2. The highest BCUT2D eigenvalue weighted by atomic mass is 32.2. The molecule has 1 aliphatic rings. The second-order valence-corrected chi connectivity index (χ2v) is 5.41. The van der Waals surface area contributed by atoms with Crippen molar-refractivity contribution >= 4 is 40.9 Å². The number of hydrogen-bond acceptors (Lipinski definition) is 6. The molecule has 1 aliphatic heterocycles. The molecule has 0 atom stereocenters. The van der Waals surface area contributed by atoms with Crippen molar-refractivity contribution in [3.8, 4) is 5.75 Å². The van der Waals surface area contributed by atoms with Gasteiger partial charge in [-0.2, -0.15) is 0 Å². The van der Waals surface area contributed by atoms with Gasteiger partial charge in [-0.05, 0) is 35.5 Å². The molecule has 0 aromatic heterocycles. The number of amides is 2. The van der Waals surface area contributed by atoms with Crippen molar-refractivity contribution in [2.45, 2.75) is 0 Å². The first-order chi connectivity index (χ1) is 10.9. The molecule has 0 bridgehead atoms. The third-order valence-electron chi connectivity index (χ3n) is 2.71. The van der Waals surface area contributed by atoms with E-state index in [0.29, 0.717) is 28.0 Å². The zero-order valence-corrected chi connectivity index (χ0v) is 12.4. The van der Waals surface area contributed by atoms with E-state index in [1.54, 1.807) is 12.1 Å². The number of hydrogen-bond donors (Lipinski definition) is 2. The van der Waals surface area contributed by atoms with Crippen LogP contribution < -0.4 is 4.74 Å². The Balaban J connectivity index is 2.09. The largest absolute Gasteiger partial charge is 0.482 e. The second kappa shape index (κ2) is 6.97. The van der Waals surface area contributed by atoms with E-state index in [1.807, 2.05) is 0 Å².